The molecule has 12 heavy (non-hydrogen) atoms. The molecule has 0 saturated carbocycles. The molecule has 0 atom stereocenters. The van der Waals surface area contributed by atoms with Crippen molar-refractivity contribution in [3.8, 4) is 0 Å². The second-order valence-corrected chi connectivity index (χ2v) is 2.41. The van der Waals surface area contributed by atoms with Crippen LogP contribution in [-0.2, 0) is 6.54 Å². The van der Waals surface area contributed by atoms with Crippen LogP contribution in [0.3, 0.4) is 0 Å². The van der Waals surface area contributed by atoms with E-state index >= 15 is 0 Å². The Hall–Kier alpha value is -1.39. The molecule has 0 aliphatic carbocycles. The molecule has 1 heterocycles. The number of oxazole rings is 1. The van der Waals surface area contributed by atoms with Gasteiger partial charge >= 0.3 is 0 Å². The first-order valence-corrected chi connectivity index (χ1v) is 3.61. The fraction of sp³-hybridized carbons (Fsp3) is 0.125. The maximum atomic E-state index is 8.39. The van der Waals surface area contributed by atoms with Gasteiger partial charge in [-0.25, -0.2) is 4.98 Å². The second-order valence-electron chi connectivity index (χ2n) is 2.41. The number of hydrogen-bond donors (Lipinski definition) is 2. The van der Waals surface area contributed by atoms with Crippen LogP contribution in [0.5, 0.6) is 0 Å². The van der Waals surface area contributed by atoms with Crippen LogP contribution in [0.1, 0.15) is 5.89 Å². The third-order valence-electron chi connectivity index (χ3n) is 1.57. The Labute approximate surface area is 68.8 Å². The quantitative estimate of drug-likeness (QED) is 0.657. The maximum Gasteiger partial charge on any atom is 0.211 e. The van der Waals surface area contributed by atoms with Gasteiger partial charge in [0.15, 0.2) is 5.58 Å². The molecule has 4 nitrogen and oxygen atoms in total. The third-order valence-corrected chi connectivity index (χ3v) is 1.57. The number of para-hydroxylation sites is 2. The highest BCUT2D eigenvalue weighted by atomic mass is 16.5. The third kappa shape index (κ3) is 1.17. The molecular weight excluding hydrogens is 156 g/mol. The van der Waals surface area contributed by atoms with Crippen molar-refractivity contribution in [1.29, 1.82) is 0 Å². The summed E-state index contributed by atoms with van der Waals surface area (Å²) < 4.78 is 5.27. The van der Waals surface area contributed by atoms with Gasteiger partial charge in [0.1, 0.15) is 5.52 Å². The first-order valence-electron chi connectivity index (χ1n) is 3.61. The molecule has 2 aromatic rings. The van der Waals surface area contributed by atoms with Crippen molar-refractivity contribution >= 4 is 11.1 Å². The Morgan fingerprint density at radius 1 is 1.42 bits per heavy atom. The highest BCUT2D eigenvalue weighted by Gasteiger charge is 2.02. The fourth-order valence-electron chi connectivity index (χ4n) is 1.06. The van der Waals surface area contributed by atoms with E-state index in [0.717, 1.165) is 11.1 Å². The molecule has 0 spiro atoms. The van der Waals surface area contributed by atoms with Crippen LogP contribution in [0.25, 0.3) is 11.1 Å². The summed E-state index contributed by atoms with van der Waals surface area (Å²) in [6.45, 7) is 0.231. The Bertz CT molecular complexity index is 350. The molecule has 1 aromatic carbocycles. The molecular formula is C8H8N2O2. The number of nitrogens with zero attached hydrogens (tertiary/aromatic N) is 1. The zero-order valence-corrected chi connectivity index (χ0v) is 6.32. The number of fused-ring (bicyclic) bond motifs is 1. The van der Waals surface area contributed by atoms with Gasteiger partial charge in [0.05, 0.1) is 6.54 Å². The molecule has 0 fully saturated rings. The van der Waals surface area contributed by atoms with E-state index in [1.165, 1.54) is 0 Å². The average molecular weight is 164 g/mol. The summed E-state index contributed by atoms with van der Waals surface area (Å²) in [4.78, 5) is 4.11. The van der Waals surface area contributed by atoms with Crippen LogP contribution in [-0.4, -0.2) is 10.2 Å². The average Bonchev–Trinajstić information content (AvgIpc) is 2.47. The summed E-state index contributed by atoms with van der Waals surface area (Å²) in [6.07, 6.45) is 0. The lowest BCUT2D eigenvalue weighted by Crippen LogP contribution is -2.05. The van der Waals surface area contributed by atoms with Crippen LogP contribution in [0.4, 0.5) is 0 Å². The number of rotatable bonds is 2. The first kappa shape index (κ1) is 7.27. The van der Waals surface area contributed by atoms with Crippen LogP contribution in [0, 0.1) is 0 Å². The van der Waals surface area contributed by atoms with E-state index in [1.807, 2.05) is 29.7 Å². The Morgan fingerprint density at radius 3 is 3.00 bits per heavy atom. The topological polar surface area (TPSA) is 58.3 Å². The second kappa shape index (κ2) is 2.92. The number of aromatic nitrogens is 1. The van der Waals surface area contributed by atoms with Gasteiger partial charge in [0, 0.05) is 0 Å². The molecule has 0 bridgehead atoms. The van der Waals surface area contributed by atoms with Gasteiger partial charge in [-0.2, -0.15) is 5.48 Å². The summed E-state index contributed by atoms with van der Waals surface area (Å²) in [5, 5.41) is 8.39. The lowest BCUT2D eigenvalue weighted by molar-refractivity contribution is 0.152. The normalized spacial score (nSPS) is 10.8. The number of hydrogen-bond acceptors (Lipinski definition) is 4. The molecule has 0 unspecified atom stereocenters. The predicted octanol–water partition coefficient (Wildman–Crippen LogP) is 1.31. The van der Waals surface area contributed by atoms with Crippen molar-refractivity contribution in [2.75, 3.05) is 0 Å². The molecule has 62 valence electrons. The highest BCUT2D eigenvalue weighted by molar-refractivity contribution is 5.72. The van der Waals surface area contributed by atoms with Crippen molar-refractivity contribution in [3.05, 3.63) is 30.2 Å². The molecule has 0 aliphatic heterocycles. The van der Waals surface area contributed by atoms with Crippen molar-refractivity contribution in [3.63, 3.8) is 0 Å². The fourth-order valence-corrected chi connectivity index (χ4v) is 1.06. The van der Waals surface area contributed by atoms with E-state index in [2.05, 4.69) is 4.98 Å². The van der Waals surface area contributed by atoms with E-state index < -0.39 is 0 Å². The van der Waals surface area contributed by atoms with Crippen molar-refractivity contribution in [2.24, 2.45) is 0 Å². The van der Waals surface area contributed by atoms with Gasteiger partial charge < -0.3 is 9.62 Å². The van der Waals surface area contributed by atoms with Gasteiger partial charge in [-0.05, 0) is 12.1 Å². The number of nitrogens with one attached hydrogen (secondary N) is 1. The molecule has 0 aliphatic rings. The first-order chi connectivity index (χ1) is 5.90. The molecule has 2 N–H and O–H groups in total. The maximum absolute atomic E-state index is 8.39. The smallest absolute Gasteiger partial charge is 0.211 e. The summed E-state index contributed by atoms with van der Waals surface area (Å²) in [5.41, 5.74) is 3.54. The van der Waals surface area contributed by atoms with Crippen molar-refractivity contribution in [1.82, 2.24) is 10.5 Å². The lowest BCUT2D eigenvalue weighted by atomic mass is 10.3. The molecule has 0 amide bonds. The van der Waals surface area contributed by atoms with Gasteiger partial charge in [-0.3, -0.25) is 0 Å². The van der Waals surface area contributed by atoms with E-state index in [1.54, 1.807) is 0 Å². The van der Waals surface area contributed by atoms with Crippen LogP contribution >= 0.6 is 0 Å². The molecule has 2 rings (SSSR count). The van der Waals surface area contributed by atoms with Crippen LogP contribution in [0.15, 0.2) is 28.7 Å². The Morgan fingerprint density at radius 2 is 2.25 bits per heavy atom. The van der Waals surface area contributed by atoms with Crippen molar-refractivity contribution < 1.29 is 9.62 Å². The summed E-state index contributed by atoms with van der Waals surface area (Å²) >= 11 is 0. The summed E-state index contributed by atoms with van der Waals surface area (Å²) in [6, 6.07) is 7.47. The Balaban J connectivity index is 2.47. The minimum atomic E-state index is 0.231. The Kier molecular flexibility index (Phi) is 1.77. The standard InChI is InChI=1S/C8H8N2O2/c11-9-5-8-10-6-3-1-2-4-7(6)12-8/h1-4,9,11H,5H2. The van der Waals surface area contributed by atoms with E-state index in [4.69, 9.17) is 9.62 Å². The molecule has 0 saturated heterocycles. The molecule has 4 heteroatoms. The summed E-state index contributed by atoms with van der Waals surface area (Å²) in [5.74, 6) is 0.485. The van der Waals surface area contributed by atoms with Gasteiger partial charge in [0.25, 0.3) is 0 Å². The molecule has 1 aromatic heterocycles. The minimum Gasteiger partial charge on any atom is -0.439 e. The van der Waals surface area contributed by atoms with Gasteiger partial charge in [-0.15, -0.1) is 0 Å². The number of hydroxylamine groups is 1. The van der Waals surface area contributed by atoms with E-state index in [0.29, 0.717) is 5.89 Å². The monoisotopic (exact) mass is 164 g/mol. The zero-order valence-electron chi connectivity index (χ0n) is 6.32. The predicted molar refractivity (Wildman–Crippen MR) is 42.6 cm³/mol. The lowest BCUT2D eigenvalue weighted by Gasteiger charge is -1.87. The zero-order chi connectivity index (χ0) is 8.39. The SMILES string of the molecule is ONCc1nc2ccccc2o1. The van der Waals surface area contributed by atoms with Gasteiger partial charge in [0.2, 0.25) is 5.89 Å². The summed E-state index contributed by atoms with van der Waals surface area (Å²) in [7, 11) is 0. The van der Waals surface area contributed by atoms with Crippen molar-refractivity contribution in [2.45, 2.75) is 6.54 Å². The highest BCUT2D eigenvalue weighted by Crippen LogP contribution is 2.13. The largest absolute Gasteiger partial charge is 0.439 e. The van der Waals surface area contributed by atoms with E-state index in [9.17, 15) is 0 Å². The van der Waals surface area contributed by atoms with Gasteiger partial charge in [-0.1, -0.05) is 12.1 Å². The molecule has 0 radical (unpaired) electrons. The number of benzene rings is 1. The van der Waals surface area contributed by atoms with Crippen LogP contribution < -0.4 is 5.48 Å². The van der Waals surface area contributed by atoms with Crippen LogP contribution in [0.2, 0.25) is 0 Å². The van der Waals surface area contributed by atoms with E-state index in [-0.39, 0.29) is 6.54 Å². The minimum absolute atomic E-state index is 0.231.